The predicted molar refractivity (Wildman–Crippen MR) is 178 cm³/mol. The Balaban J connectivity index is 4.62. The highest BCUT2D eigenvalue weighted by Crippen LogP contribution is 2.10. The molecule has 0 aliphatic rings. The molecule has 0 aliphatic carbocycles. The van der Waals surface area contributed by atoms with E-state index in [-0.39, 0.29) is 49.1 Å². The van der Waals surface area contributed by atoms with E-state index < -0.39 is 18.1 Å². The Morgan fingerprint density at radius 1 is 0.705 bits per heavy atom. The number of carboxylic acid groups (broad SMARTS) is 1. The highest BCUT2D eigenvalue weighted by molar-refractivity contribution is 5.72. The van der Waals surface area contributed by atoms with Crippen molar-refractivity contribution in [2.45, 2.75) is 122 Å². The highest BCUT2D eigenvalue weighted by atomic mass is 16.6. The Hall–Kier alpha value is -2.71. The first-order valence-electron chi connectivity index (χ1n) is 16.7. The number of ether oxygens (including phenoxy) is 3. The lowest BCUT2D eigenvalue weighted by Gasteiger charge is -2.31. The Kier molecular flexibility index (Phi) is 26.1. The molecule has 8 heteroatoms. The van der Waals surface area contributed by atoms with Gasteiger partial charge in [0.25, 0.3) is 0 Å². The van der Waals surface area contributed by atoms with E-state index in [1.165, 1.54) is 19.3 Å². The van der Waals surface area contributed by atoms with Gasteiger partial charge in [-0.3, -0.25) is 9.59 Å². The average molecular weight is 621 g/mol. The van der Waals surface area contributed by atoms with Crippen LogP contribution in [0.4, 0.5) is 0 Å². The second-order valence-corrected chi connectivity index (χ2v) is 12.0. The maximum atomic E-state index is 12.5. The smallest absolute Gasteiger partial charge is 0.362 e. The monoisotopic (exact) mass is 620 g/mol. The van der Waals surface area contributed by atoms with E-state index in [1.807, 2.05) is 27.2 Å². The molecule has 0 aliphatic heterocycles. The number of carbonyl (C=O) groups excluding carboxylic acids is 2. The average Bonchev–Trinajstić information content (AvgIpc) is 2.96. The molecule has 0 bridgehead atoms. The van der Waals surface area contributed by atoms with Crippen molar-refractivity contribution in [2.24, 2.45) is 0 Å². The van der Waals surface area contributed by atoms with Crippen LogP contribution in [0.5, 0.6) is 0 Å². The molecule has 0 spiro atoms. The van der Waals surface area contributed by atoms with E-state index in [9.17, 15) is 19.5 Å². The van der Waals surface area contributed by atoms with E-state index in [0.717, 1.165) is 44.9 Å². The van der Waals surface area contributed by atoms with Crippen LogP contribution in [0.2, 0.25) is 0 Å². The molecule has 1 N–H and O–H groups in total. The first-order chi connectivity index (χ1) is 21.1. The molecule has 0 heterocycles. The molecule has 0 saturated carbocycles. The number of carbonyl (C=O) groups is 3. The van der Waals surface area contributed by atoms with Gasteiger partial charge in [-0.05, 0) is 57.8 Å². The fourth-order valence-corrected chi connectivity index (χ4v) is 4.35. The largest absolute Gasteiger partial charge is 0.477 e. The number of carboxylic acids is 1. The van der Waals surface area contributed by atoms with Gasteiger partial charge in [0.15, 0.2) is 12.1 Å². The van der Waals surface area contributed by atoms with Crippen LogP contribution in [-0.2, 0) is 28.6 Å². The van der Waals surface area contributed by atoms with Gasteiger partial charge in [0, 0.05) is 19.3 Å². The summed E-state index contributed by atoms with van der Waals surface area (Å²) < 4.78 is 17.0. The van der Waals surface area contributed by atoms with Crippen LogP contribution in [0.25, 0.3) is 0 Å². The van der Waals surface area contributed by atoms with Crippen molar-refractivity contribution in [1.82, 2.24) is 0 Å². The summed E-state index contributed by atoms with van der Waals surface area (Å²) in [7, 11) is 5.47. The summed E-state index contributed by atoms with van der Waals surface area (Å²) in [6.07, 6.45) is 29.0. The van der Waals surface area contributed by atoms with Crippen LogP contribution < -0.4 is 0 Å². The van der Waals surface area contributed by atoms with Crippen molar-refractivity contribution in [1.29, 1.82) is 0 Å². The van der Waals surface area contributed by atoms with Crippen molar-refractivity contribution in [3.63, 3.8) is 0 Å². The lowest BCUT2D eigenvalue weighted by atomic mass is 10.1. The summed E-state index contributed by atoms with van der Waals surface area (Å²) in [6.45, 7) is 4.45. The number of allylic oxidation sites excluding steroid dienone is 8. The molecule has 0 amide bonds. The SMILES string of the molecule is CC/C=C/C/C=C/C/C=C/CCCCC(=O)OC(COCCC(C(=O)O)[N+](C)(C)C)COC(=O)CC/C=C/CCCCCC. The minimum absolute atomic E-state index is 0.0324. The van der Waals surface area contributed by atoms with Gasteiger partial charge in [-0.2, -0.15) is 0 Å². The molecule has 44 heavy (non-hydrogen) atoms. The number of likely N-dealkylation sites (N-methyl/N-ethyl adjacent to an activating group) is 1. The summed E-state index contributed by atoms with van der Waals surface area (Å²) in [5, 5.41) is 9.53. The first kappa shape index (κ1) is 41.3. The fraction of sp³-hybridized carbons (Fsp3) is 0.694. The zero-order valence-electron chi connectivity index (χ0n) is 28.3. The number of aliphatic carboxylic acids is 1. The zero-order valence-corrected chi connectivity index (χ0v) is 28.3. The molecule has 0 fully saturated rings. The maximum absolute atomic E-state index is 12.5. The third kappa shape index (κ3) is 25.8. The molecule has 0 aromatic rings. The molecule has 0 radical (unpaired) electrons. The van der Waals surface area contributed by atoms with Gasteiger partial charge in [-0.15, -0.1) is 0 Å². The third-order valence-corrected chi connectivity index (χ3v) is 6.98. The van der Waals surface area contributed by atoms with Crippen LogP contribution in [0, 0.1) is 0 Å². The van der Waals surface area contributed by atoms with Gasteiger partial charge >= 0.3 is 17.9 Å². The number of hydrogen-bond donors (Lipinski definition) is 1. The highest BCUT2D eigenvalue weighted by Gasteiger charge is 2.31. The van der Waals surface area contributed by atoms with Crippen LogP contribution in [-0.4, -0.2) is 80.6 Å². The fourth-order valence-electron chi connectivity index (χ4n) is 4.35. The summed E-state index contributed by atoms with van der Waals surface area (Å²) in [5.41, 5.74) is 0. The minimum atomic E-state index is -0.890. The molecular formula is C36H62NO7+. The number of rotatable bonds is 28. The Labute approximate surface area is 267 Å². The first-order valence-corrected chi connectivity index (χ1v) is 16.7. The molecule has 0 saturated heterocycles. The van der Waals surface area contributed by atoms with Crippen LogP contribution in [0.1, 0.15) is 110 Å². The number of esters is 2. The number of hydrogen-bond acceptors (Lipinski definition) is 6. The van der Waals surface area contributed by atoms with E-state index in [4.69, 9.17) is 14.2 Å². The standard InChI is InChI=1S/C36H61NO7/c1-6-8-10-12-14-16-17-18-19-21-23-25-27-35(39)44-32(30-42-29-28-33(36(40)41)37(3,4)5)31-43-34(38)26-24-22-20-15-13-11-9-7-2/h8,10,14,16,18-20,22,32-33H,6-7,9,11-13,15,17,21,23-31H2,1-5H3/p+1/b10-8+,16-14+,19-18+,22-20+. The Morgan fingerprint density at radius 2 is 1.32 bits per heavy atom. The molecule has 0 aromatic heterocycles. The Bertz CT molecular complexity index is 870. The van der Waals surface area contributed by atoms with Gasteiger partial charge in [-0.1, -0.05) is 81.7 Å². The molecule has 0 rings (SSSR count). The summed E-state index contributed by atoms with van der Waals surface area (Å²) in [6, 6.07) is -0.624. The van der Waals surface area contributed by atoms with Crippen molar-refractivity contribution in [3.05, 3.63) is 48.6 Å². The van der Waals surface area contributed by atoms with Crippen LogP contribution >= 0.6 is 0 Å². The maximum Gasteiger partial charge on any atom is 0.362 e. The Morgan fingerprint density at radius 3 is 1.95 bits per heavy atom. The number of unbranched alkanes of at least 4 members (excludes halogenated alkanes) is 6. The molecular weight excluding hydrogens is 558 g/mol. The van der Waals surface area contributed by atoms with Crippen molar-refractivity contribution >= 4 is 17.9 Å². The van der Waals surface area contributed by atoms with E-state index in [1.54, 1.807) is 0 Å². The van der Waals surface area contributed by atoms with Gasteiger partial charge in [-0.25, -0.2) is 4.79 Å². The van der Waals surface area contributed by atoms with Crippen LogP contribution in [0.15, 0.2) is 48.6 Å². The second-order valence-electron chi connectivity index (χ2n) is 12.0. The summed E-state index contributed by atoms with van der Waals surface area (Å²) in [5.74, 6) is -1.60. The lowest BCUT2D eigenvalue weighted by molar-refractivity contribution is -0.887. The second kappa shape index (κ2) is 27.8. The molecule has 8 nitrogen and oxygen atoms in total. The van der Waals surface area contributed by atoms with Gasteiger partial charge in [0.05, 0.1) is 34.4 Å². The third-order valence-electron chi connectivity index (χ3n) is 6.98. The quantitative estimate of drug-likeness (QED) is 0.0413. The van der Waals surface area contributed by atoms with Crippen molar-refractivity contribution < 1.29 is 38.2 Å². The van der Waals surface area contributed by atoms with Crippen molar-refractivity contribution in [2.75, 3.05) is 41.0 Å². The normalized spacial score (nSPS) is 13.8. The lowest BCUT2D eigenvalue weighted by Crippen LogP contribution is -2.50. The predicted octanol–water partition coefficient (Wildman–Crippen LogP) is 7.73. The molecule has 0 aromatic carbocycles. The molecule has 252 valence electrons. The van der Waals surface area contributed by atoms with Crippen molar-refractivity contribution in [3.8, 4) is 0 Å². The topological polar surface area (TPSA) is 99.1 Å². The summed E-state index contributed by atoms with van der Waals surface area (Å²) >= 11 is 0. The van der Waals surface area contributed by atoms with E-state index in [0.29, 0.717) is 19.3 Å². The zero-order chi connectivity index (χ0) is 32.9. The molecule has 2 atom stereocenters. The minimum Gasteiger partial charge on any atom is -0.477 e. The van der Waals surface area contributed by atoms with Gasteiger partial charge < -0.3 is 23.8 Å². The van der Waals surface area contributed by atoms with Crippen LogP contribution in [0.3, 0.4) is 0 Å². The van der Waals surface area contributed by atoms with Gasteiger partial charge in [0.2, 0.25) is 0 Å². The molecule has 2 unspecified atom stereocenters. The summed E-state index contributed by atoms with van der Waals surface area (Å²) in [4.78, 5) is 36.5. The van der Waals surface area contributed by atoms with E-state index in [2.05, 4.69) is 56.4 Å². The van der Waals surface area contributed by atoms with Gasteiger partial charge in [0.1, 0.15) is 6.61 Å². The van der Waals surface area contributed by atoms with E-state index >= 15 is 0 Å². The number of nitrogens with zero attached hydrogens (tertiary/aromatic N) is 1. The number of quaternary nitrogens is 1.